The monoisotopic (exact) mass is 256 g/mol. The van der Waals surface area contributed by atoms with Crippen molar-refractivity contribution >= 4 is 47.1 Å². The first-order valence-electron chi connectivity index (χ1n) is 4.08. The van der Waals surface area contributed by atoms with Gasteiger partial charge in [0.25, 0.3) is 0 Å². The summed E-state index contributed by atoms with van der Waals surface area (Å²) in [7, 11) is 0. The van der Waals surface area contributed by atoms with E-state index in [9.17, 15) is 0 Å². The van der Waals surface area contributed by atoms with E-state index in [0.29, 0.717) is 0 Å². The van der Waals surface area contributed by atoms with E-state index in [1.54, 1.807) is 0 Å². The van der Waals surface area contributed by atoms with E-state index in [2.05, 4.69) is 0 Å². The summed E-state index contributed by atoms with van der Waals surface area (Å²) < 4.78 is 4.94. The first-order chi connectivity index (χ1) is 5.50. The summed E-state index contributed by atoms with van der Waals surface area (Å²) in [6.07, 6.45) is 2.56. The molecule has 1 saturated heterocycles. The maximum atomic E-state index is 4.94. The van der Waals surface area contributed by atoms with Crippen molar-refractivity contribution in [2.75, 3.05) is 13.2 Å². The molecule has 0 radical (unpaired) electrons. The van der Waals surface area contributed by atoms with Crippen molar-refractivity contribution < 1.29 is 26.5 Å². The van der Waals surface area contributed by atoms with E-state index >= 15 is 0 Å². The van der Waals surface area contributed by atoms with Crippen LogP contribution >= 0.6 is 12.4 Å². The van der Waals surface area contributed by atoms with E-state index in [1.165, 1.54) is 12.8 Å². The molecule has 1 aromatic carbocycles. The number of hydrogen-bond acceptors (Lipinski definition) is 1. The van der Waals surface area contributed by atoms with Crippen LogP contribution in [0, 0.1) is 0 Å². The third-order valence-corrected chi connectivity index (χ3v) is 1.49. The number of benzene rings is 1. The normalized spacial score (nSPS) is 11.2. The van der Waals surface area contributed by atoms with Gasteiger partial charge in [-0.2, -0.15) is 0 Å². The van der Waals surface area contributed by atoms with Crippen LogP contribution in [0.2, 0.25) is 0 Å². The summed E-state index contributed by atoms with van der Waals surface area (Å²) in [6, 6.07) is 12.0. The molecule has 0 atom stereocenters. The van der Waals surface area contributed by atoms with Crippen molar-refractivity contribution in [3.8, 4) is 0 Å². The zero-order valence-electron chi connectivity index (χ0n) is 9.11. The van der Waals surface area contributed by atoms with Crippen LogP contribution in [0.25, 0.3) is 0 Å². The molecule has 1 fully saturated rings. The standard InChI is InChI=1S/C6H6.C4H8O.2Al.ClH.Li.H2.7H/c1-2-4-6-5-3-1;1-2-4-5-3-1;;;;;;;;;;;;/h1-6H;1-4H2;;;1H;;1H;;;;;;;/q;;;;;+1;;;;;;;;-1. The first kappa shape index (κ1) is 25.1. The zero-order valence-corrected chi connectivity index (χ0v) is 8.93. The van der Waals surface area contributed by atoms with Crippen LogP contribution in [0.15, 0.2) is 36.4 Å². The van der Waals surface area contributed by atoms with Gasteiger partial charge in [0.15, 0.2) is 34.7 Å². The van der Waals surface area contributed by atoms with Crippen LogP contribution in [-0.4, -0.2) is 47.9 Å². The van der Waals surface area contributed by atoms with Gasteiger partial charge in [0, 0.05) is 14.6 Å². The van der Waals surface area contributed by atoms with E-state index in [-0.39, 0.29) is 68.8 Å². The molecule has 1 nitrogen and oxygen atoms in total. The summed E-state index contributed by atoms with van der Waals surface area (Å²) in [4.78, 5) is 0. The Morgan fingerprint density at radius 1 is 0.800 bits per heavy atom. The van der Waals surface area contributed by atoms with E-state index < -0.39 is 0 Å². The molecule has 0 aromatic heterocycles. The Bertz CT molecular complexity index is 149. The minimum absolute atomic E-state index is 0. The Hall–Kier alpha value is 1.13. The van der Waals surface area contributed by atoms with Crippen LogP contribution < -0.4 is 18.9 Å². The van der Waals surface area contributed by atoms with Crippen LogP contribution in [0.5, 0.6) is 0 Å². The molecule has 5 heteroatoms. The molecule has 0 N–H and O–H groups in total. The molecule has 84 valence electrons. The van der Waals surface area contributed by atoms with Gasteiger partial charge in [-0.1, -0.05) is 36.4 Å². The van der Waals surface area contributed by atoms with Crippen LogP contribution in [0.1, 0.15) is 15.7 Å². The Balaban J connectivity index is -0.0000000265. The minimum atomic E-state index is 0. The van der Waals surface area contributed by atoms with E-state index in [4.69, 9.17) is 4.74 Å². The first-order valence-corrected chi connectivity index (χ1v) is 4.08. The SMILES string of the molecule is C1CCOC1.Cl.[AlH3].[AlH3].[H-].[HH].[Li+].c1ccccc1. The average Bonchev–Trinajstić information content (AvgIpc) is 2.64. The van der Waals surface area contributed by atoms with Gasteiger partial charge in [0.1, 0.15) is 0 Å². The predicted molar refractivity (Wildman–Crippen MR) is 76.8 cm³/mol. The topological polar surface area (TPSA) is 9.23 Å². The molecule has 0 spiro atoms. The summed E-state index contributed by atoms with van der Waals surface area (Å²) in [5.74, 6) is 0. The predicted octanol–water partition coefficient (Wildman–Crippen LogP) is -2.10. The third-order valence-electron chi connectivity index (χ3n) is 1.49. The van der Waals surface area contributed by atoms with Gasteiger partial charge < -0.3 is 6.16 Å². The fourth-order valence-corrected chi connectivity index (χ4v) is 0.895. The van der Waals surface area contributed by atoms with Crippen molar-refractivity contribution in [3.05, 3.63) is 36.4 Å². The van der Waals surface area contributed by atoms with Gasteiger partial charge in [0.05, 0.1) is 0 Å². The fourth-order valence-electron chi connectivity index (χ4n) is 0.895. The number of rotatable bonds is 0. The van der Waals surface area contributed by atoms with Crippen molar-refractivity contribution in [2.45, 2.75) is 12.8 Å². The molecule has 1 heterocycles. The molecule has 1 aliphatic rings. The average molecular weight is 257 g/mol. The van der Waals surface area contributed by atoms with Gasteiger partial charge in [-0.3, -0.25) is 0 Å². The van der Waals surface area contributed by atoms with Gasteiger partial charge in [-0.15, -0.1) is 12.4 Å². The van der Waals surface area contributed by atoms with Gasteiger partial charge >= 0.3 is 18.9 Å². The smallest absolute Gasteiger partial charge is 1.00 e. The second kappa shape index (κ2) is 20.5. The molecule has 0 unspecified atom stereocenters. The Morgan fingerprint density at radius 2 is 1.07 bits per heavy atom. The number of ether oxygens (including phenoxy) is 1. The summed E-state index contributed by atoms with van der Waals surface area (Å²) in [5, 5.41) is 0. The van der Waals surface area contributed by atoms with Crippen LogP contribution in [0.3, 0.4) is 0 Å². The van der Waals surface area contributed by atoms with E-state index in [0.717, 1.165) is 13.2 Å². The second-order valence-corrected chi connectivity index (χ2v) is 2.47. The quantitative estimate of drug-likeness (QED) is 0.484. The molecule has 1 aromatic rings. The fraction of sp³-hybridized carbons (Fsp3) is 0.400. The molecule has 0 aliphatic carbocycles. The summed E-state index contributed by atoms with van der Waals surface area (Å²) in [5.41, 5.74) is 0. The molecule has 0 amide bonds. The molecule has 15 heavy (non-hydrogen) atoms. The number of halogens is 1. The molecule has 0 bridgehead atoms. The van der Waals surface area contributed by atoms with Gasteiger partial charge in [-0.25, -0.2) is 0 Å². The largest absolute Gasteiger partial charge is 1.00 e. The Kier molecular flexibility index (Phi) is 34.4. The summed E-state index contributed by atoms with van der Waals surface area (Å²) >= 11 is 0. The molecular formula is C10H24Al2ClLiO. The molecule has 2 rings (SSSR count). The molecular weight excluding hydrogens is 232 g/mol. The van der Waals surface area contributed by atoms with Crippen LogP contribution in [0.4, 0.5) is 0 Å². The summed E-state index contributed by atoms with van der Waals surface area (Å²) in [6.45, 7) is 2.00. The Labute approximate surface area is 135 Å². The van der Waals surface area contributed by atoms with Gasteiger partial charge in [-0.05, 0) is 12.8 Å². The molecule has 0 saturated carbocycles. The van der Waals surface area contributed by atoms with Crippen molar-refractivity contribution in [3.63, 3.8) is 0 Å². The van der Waals surface area contributed by atoms with Crippen molar-refractivity contribution in [2.24, 2.45) is 0 Å². The second-order valence-electron chi connectivity index (χ2n) is 2.47. The maximum absolute atomic E-state index is 4.94. The maximum Gasteiger partial charge on any atom is 1.00 e. The van der Waals surface area contributed by atoms with Gasteiger partial charge in [0.2, 0.25) is 0 Å². The van der Waals surface area contributed by atoms with E-state index in [1.807, 2.05) is 36.4 Å². The Morgan fingerprint density at radius 3 is 1.20 bits per heavy atom. The third kappa shape index (κ3) is 17.7. The van der Waals surface area contributed by atoms with Crippen molar-refractivity contribution in [1.82, 2.24) is 0 Å². The van der Waals surface area contributed by atoms with Crippen molar-refractivity contribution in [1.29, 1.82) is 0 Å². The van der Waals surface area contributed by atoms with Crippen LogP contribution in [-0.2, 0) is 4.74 Å². The molecule has 1 aliphatic heterocycles. The number of hydrogen-bond donors (Lipinski definition) is 0. The zero-order chi connectivity index (χ0) is 7.78. The minimum Gasteiger partial charge on any atom is -1.00 e.